The summed E-state index contributed by atoms with van der Waals surface area (Å²) in [5.74, 6) is -1.47. The number of benzene rings is 1. The highest BCUT2D eigenvalue weighted by molar-refractivity contribution is 5.98. The van der Waals surface area contributed by atoms with Gasteiger partial charge in [0.2, 0.25) is 0 Å². The van der Waals surface area contributed by atoms with Gasteiger partial charge in [-0.05, 0) is 30.9 Å². The zero-order valence-electron chi connectivity index (χ0n) is 23.1. The lowest BCUT2D eigenvalue weighted by Crippen LogP contribution is -2.43. The maximum Gasteiger partial charge on any atom is 0.417 e. The summed E-state index contributed by atoms with van der Waals surface area (Å²) in [5.41, 5.74) is -1.52. The molecule has 212 valence electrons. The number of hydrogen-bond donors (Lipinski definition) is 1. The molecule has 4 nitrogen and oxygen atoms in total. The second-order valence-electron chi connectivity index (χ2n) is 10.5. The van der Waals surface area contributed by atoms with Crippen molar-refractivity contribution in [3.63, 3.8) is 0 Å². The molecule has 0 heterocycles. The summed E-state index contributed by atoms with van der Waals surface area (Å²) in [6.07, 6.45) is 12.9. The second-order valence-corrected chi connectivity index (χ2v) is 10.5. The molecule has 1 aromatic carbocycles. The first-order chi connectivity index (χ1) is 17.7. The van der Waals surface area contributed by atoms with E-state index in [9.17, 15) is 22.8 Å². The summed E-state index contributed by atoms with van der Waals surface area (Å²) in [6.45, 7) is 6.25. The quantitative estimate of drug-likeness (QED) is 0.136. The zero-order valence-corrected chi connectivity index (χ0v) is 23.1. The summed E-state index contributed by atoms with van der Waals surface area (Å²) < 4.78 is 45.2. The van der Waals surface area contributed by atoms with Crippen molar-refractivity contribution in [2.75, 3.05) is 6.61 Å². The number of carbonyl (C=O) groups is 2. The average Bonchev–Trinajstić information content (AvgIpc) is 2.85. The molecule has 0 aliphatic carbocycles. The maximum absolute atomic E-state index is 13.3. The van der Waals surface area contributed by atoms with Crippen molar-refractivity contribution < 1.29 is 27.5 Å². The summed E-state index contributed by atoms with van der Waals surface area (Å²) in [6, 6.07) is 3.59. The predicted octanol–water partition coefficient (Wildman–Crippen LogP) is 8.87. The average molecular weight is 528 g/mol. The fraction of sp³-hybridized carbons (Fsp3) is 0.733. The number of halogens is 3. The van der Waals surface area contributed by atoms with Gasteiger partial charge in [-0.15, -0.1) is 0 Å². The Bertz CT molecular complexity index is 765. The van der Waals surface area contributed by atoms with E-state index in [1.807, 2.05) is 13.8 Å². The third-order valence-electron chi connectivity index (χ3n) is 6.52. The number of ether oxygens (including phenoxy) is 1. The fourth-order valence-electron chi connectivity index (χ4n) is 4.42. The Hall–Kier alpha value is -2.05. The van der Waals surface area contributed by atoms with Gasteiger partial charge in [0, 0.05) is 0 Å². The minimum atomic E-state index is -4.66. The first-order valence-corrected chi connectivity index (χ1v) is 14.3. The van der Waals surface area contributed by atoms with Crippen molar-refractivity contribution in [1.29, 1.82) is 0 Å². The van der Waals surface area contributed by atoms with Crippen LogP contribution in [0.1, 0.15) is 133 Å². The molecule has 0 bridgehead atoms. The topological polar surface area (TPSA) is 55.4 Å². The van der Waals surface area contributed by atoms with E-state index in [0.717, 1.165) is 31.4 Å². The first kappa shape index (κ1) is 33.0. The lowest BCUT2D eigenvalue weighted by molar-refractivity contribution is -0.146. The Morgan fingerprint density at radius 2 is 1.30 bits per heavy atom. The van der Waals surface area contributed by atoms with Crippen LogP contribution in [0.3, 0.4) is 0 Å². The number of hydrogen-bond acceptors (Lipinski definition) is 3. The van der Waals surface area contributed by atoms with Gasteiger partial charge in [-0.25, -0.2) is 4.79 Å². The molecule has 7 heteroatoms. The smallest absolute Gasteiger partial charge is 0.417 e. The minimum Gasteiger partial charge on any atom is -0.464 e. The van der Waals surface area contributed by atoms with E-state index in [1.165, 1.54) is 82.8 Å². The van der Waals surface area contributed by atoms with Crippen LogP contribution in [0.4, 0.5) is 13.2 Å². The molecule has 1 N–H and O–H groups in total. The Morgan fingerprint density at radius 3 is 1.78 bits per heavy atom. The Balaban J connectivity index is 2.28. The van der Waals surface area contributed by atoms with E-state index in [4.69, 9.17) is 4.74 Å². The molecule has 0 radical (unpaired) electrons. The van der Waals surface area contributed by atoms with Crippen LogP contribution in [0.25, 0.3) is 0 Å². The first-order valence-electron chi connectivity index (χ1n) is 14.3. The van der Waals surface area contributed by atoms with Crippen LogP contribution >= 0.6 is 0 Å². The largest absolute Gasteiger partial charge is 0.464 e. The number of carbonyl (C=O) groups excluding carboxylic acids is 2. The number of amides is 1. The molecule has 1 unspecified atom stereocenters. The molecule has 1 atom stereocenters. The number of esters is 1. The van der Waals surface area contributed by atoms with Crippen LogP contribution in [-0.2, 0) is 15.7 Å². The van der Waals surface area contributed by atoms with Gasteiger partial charge in [-0.2, -0.15) is 13.2 Å². The molecule has 1 rings (SSSR count). The maximum atomic E-state index is 13.3. The van der Waals surface area contributed by atoms with Crippen LogP contribution in [0.2, 0.25) is 0 Å². The second kappa shape index (κ2) is 19.1. The summed E-state index contributed by atoms with van der Waals surface area (Å²) in [4.78, 5) is 25.2. The van der Waals surface area contributed by atoms with Gasteiger partial charge in [-0.1, -0.05) is 116 Å². The highest BCUT2D eigenvalue weighted by Gasteiger charge is 2.35. The van der Waals surface area contributed by atoms with Crippen LogP contribution in [0, 0.1) is 5.92 Å². The van der Waals surface area contributed by atoms with Gasteiger partial charge < -0.3 is 10.1 Å². The molecule has 0 aliphatic heterocycles. The molecule has 0 fully saturated rings. The number of alkyl halides is 3. The lowest BCUT2D eigenvalue weighted by atomic mass is 10.0. The fourth-order valence-corrected chi connectivity index (χ4v) is 4.42. The molecule has 1 aromatic rings. The molecular weight excluding hydrogens is 479 g/mol. The van der Waals surface area contributed by atoms with Crippen LogP contribution < -0.4 is 5.32 Å². The molecule has 0 spiro atoms. The van der Waals surface area contributed by atoms with Crippen LogP contribution in [0.15, 0.2) is 24.3 Å². The van der Waals surface area contributed by atoms with Crippen molar-refractivity contribution in [3.8, 4) is 0 Å². The van der Waals surface area contributed by atoms with Gasteiger partial charge >= 0.3 is 12.1 Å². The molecule has 37 heavy (non-hydrogen) atoms. The van der Waals surface area contributed by atoms with Crippen LogP contribution in [0.5, 0.6) is 0 Å². The summed E-state index contributed by atoms with van der Waals surface area (Å²) in [7, 11) is 0. The van der Waals surface area contributed by atoms with E-state index in [1.54, 1.807) is 0 Å². The Kier molecular flexibility index (Phi) is 17.0. The molecular formula is C30H48F3NO3. The number of unbranched alkanes of at least 4 members (excludes halogenated alkanes) is 13. The van der Waals surface area contributed by atoms with Crippen molar-refractivity contribution in [1.82, 2.24) is 5.32 Å². The standard InChI is InChI=1S/C30H48F3NO3/c1-4-5-6-7-8-9-10-11-12-13-14-15-16-19-22-37-29(36)27(23-24(2)3)34-28(35)25-20-17-18-21-26(25)30(31,32)33/h17-18,20-21,24,27H,4-16,19,22-23H2,1-3H3,(H,34,35). The lowest BCUT2D eigenvalue weighted by Gasteiger charge is -2.20. The molecule has 0 aliphatic rings. The molecule has 0 saturated heterocycles. The Morgan fingerprint density at radius 1 is 0.811 bits per heavy atom. The van der Waals surface area contributed by atoms with Crippen LogP contribution in [-0.4, -0.2) is 24.5 Å². The van der Waals surface area contributed by atoms with E-state index in [-0.39, 0.29) is 18.9 Å². The number of rotatable bonds is 20. The van der Waals surface area contributed by atoms with E-state index in [2.05, 4.69) is 12.2 Å². The van der Waals surface area contributed by atoms with E-state index >= 15 is 0 Å². The SMILES string of the molecule is CCCCCCCCCCCCCCCCOC(=O)C(CC(C)C)NC(=O)c1ccccc1C(F)(F)F. The third kappa shape index (κ3) is 15.1. The normalized spacial score (nSPS) is 12.5. The predicted molar refractivity (Wildman–Crippen MR) is 143 cm³/mol. The molecule has 0 aromatic heterocycles. The van der Waals surface area contributed by atoms with Crippen molar-refractivity contribution in [2.45, 2.75) is 129 Å². The van der Waals surface area contributed by atoms with Gasteiger partial charge in [0.05, 0.1) is 17.7 Å². The van der Waals surface area contributed by atoms with Gasteiger partial charge in [0.15, 0.2) is 0 Å². The Labute approximate surface area is 222 Å². The molecule has 1 amide bonds. The van der Waals surface area contributed by atoms with Crippen molar-refractivity contribution >= 4 is 11.9 Å². The van der Waals surface area contributed by atoms with Crippen molar-refractivity contribution in [2.24, 2.45) is 5.92 Å². The third-order valence-corrected chi connectivity index (χ3v) is 6.52. The van der Waals surface area contributed by atoms with Gasteiger partial charge in [0.25, 0.3) is 5.91 Å². The molecule has 0 saturated carbocycles. The monoisotopic (exact) mass is 527 g/mol. The van der Waals surface area contributed by atoms with E-state index < -0.39 is 35.2 Å². The van der Waals surface area contributed by atoms with Crippen molar-refractivity contribution in [3.05, 3.63) is 35.4 Å². The highest BCUT2D eigenvalue weighted by atomic mass is 19.4. The summed E-state index contributed by atoms with van der Waals surface area (Å²) >= 11 is 0. The van der Waals surface area contributed by atoms with Gasteiger partial charge in [-0.3, -0.25) is 4.79 Å². The van der Waals surface area contributed by atoms with Gasteiger partial charge in [0.1, 0.15) is 6.04 Å². The highest BCUT2D eigenvalue weighted by Crippen LogP contribution is 2.31. The summed E-state index contributed by atoms with van der Waals surface area (Å²) in [5, 5.41) is 2.47. The van der Waals surface area contributed by atoms with E-state index in [0.29, 0.717) is 0 Å². The zero-order chi connectivity index (χ0) is 27.5. The number of nitrogens with one attached hydrogen (secondary N) is 1. The minimum absolute atomic E-state index is 0.0526.